The third-order valence-corrected chi connectivity index (χ3v) is 8.53. The first-order valence-corrected chi connectivity index (χ1v) is 13.8. The molecule has 1 aliphatic carbocycles. The van der Waals surface area contributed by atoms with Crippen molar-refractivity contribution in [1.82, 2.24) is 15.5 Å². The molecule has 2 N–H and O–H groups in total. The summed E-state index contributed by atoms with van der Waals surface area (Å²) in [5, 5.41) is 7.37. The van der Waals surface area contributed by atoms with Crippen LogP contribution < -0.4 is 10.6 Å². The van der Waals surface area contributed by atoms with Crippen LogP contribution >= 0.6 is 23.2 Å². The summed E-state index contributed by atoms with van der Waals surface area (Å²) in [7, 11) is 0. The van der Waals surface area contributed by atoms with Crippen molar-refractivity contribution in [2.45, 2.75) is 51.6 Å². The van der Waals surface area contributed by atoms with Crippen LogP contribution in [0, 0.1) is 29.0 Å². The lowest BCUT2D eigenvalue weighted by molar-refractivity contribution is -0.140. The number of hydrogen-bond donors (Lipinski definition) is 2. The smallest absolute Gasteiger partial charge is 0.240 e. The molecule has 9 heteroatoms. The van der Waals surface area contributed by atoms with Gasteiger partial charge in [0, 0.05) is 47.6 Å². The highest BCUT2D eigenvalue weighted by atomic mass is 35.5. The Hall–Kier alpha value is -1.93. The van der Waals surface area contributed by atoms with Gasteiger partial charge in [-0.1, -0.05) is 62.2 Å². The van der Waals surface area contributed by atoms with Gasteiger partial charge in [0.1, 0.15) is 5.82 Å². The standard InChI is InChI=1S/C28H34Cl2FN3O3/c1-28(2,3)14-21-22-15-11-16(29)13-20(22)33-26(35)18(12-15)23(17-5-4-6-19(30)24(17)31)25(32-21)27(36)34-7-9-37-10-8-34/h4-6,11,13,15,18,21-23,25,32H,7-10,12,14H2,1-3H3,(H,33,35)/t15?,18-,21+,22?,23+,25+/m0/s1. The highest BCUT2D eigenvalue weighted by molar-refractivity contribution is 6.31. The summed E-state index contributed by atoms with van der Waals surface area (Å²) in [6.07, 6.45) is 5.03. The van der Waals surface area contributed by atoms with Crippen molar-refractivity contribution in [3.63, 3.8) is 0 Å². The molecular formula is C28H34Cl2FN3O3. The van der Waals surface area contributed by atoms with E-state index in [4.69, 9.17) is 27.9 Å². The Balaban J connectivity index is 1.69. The first-order chi connectivity index (χ1) is 17.5. The second-order valence-electron chi connectivity index (χ2n) is 11.8. The molecule has 37 heavy (non-hydrogen) atoms. The maximum absolute atomic E-state index is 15.7. The molecule has 1 aromatic carbocycles. The number of rotatable bonds is 3. The Morgan fingerprint density at radius 2 is 1.92 bits per heavy atom. The number of hydrogen-bond acceptors (Lipinski definition) is 4. The molecule has 200 valence electrons. The molecule has 5 rings (SSSR count). The van der Waals surface area contributed by atoms with Crippen molar-refractivity contribution in [3.8, 4) is 0 Å². The molecule has 6 atom stereocenters. The quantitative estimate of drug-likeness (QED) is 0.578. The zero-order valence-electron chi connectivity index (χ0n) is 21.4. The van der Waals surface area contributed by atoms with Crippen molar-refractivity contribution >= 4 is 35.0 Å². The van der Waals surface area contributed by atoms with E-state index >= 15 is 4.39 Å². The van der Waals surface area contributed by atoms with Gasteiger partial charge in [-0.25, -0.2) is 4.39 Å². The lowest BCUT2D eigenvalue weighted by Crippen LogP contribution is -2.59. The predicted octanol–water partition coefficient (Wildman–Crippen LogP) is 4.59. The molecule has 3 fully saturated rings. The maximum Gasteiger partial charge on any atom is 0.240 e. The van der Waals surface area contributed by atoms with Gasteiger partial charge in [0.15, 0.2) is 0 Å². The van der Waals surface area contributed by atoms with Gasteiger partial charge >= 0.3 is 0 Å². The lowest BCUT2D eigenvalue weighted by atomic mass is 9.67. The van der Waals surface area contributed by atoms with Gasteiger partial charge in [-0.3, -0.25) is 9.59 Å². The van der Waals surface area contributed by atoms with E-state index in [0.29, 0.717) is 37.8 Å². The summed E-state index contributed by atoms with van der Waals surface area (Å²) in [5.41, 5.74) is 0.968. The molecule has 1 aromatic rings. The molecule has 2 amide bonds. The first kappa shape index (κ1) is 26.7. The number of fused-ring (bicyclic) bond motifs is 1. The normalized spacial score (nSPS) is 32.1. The van der Waals surface area contributed by atoms with Crippen molar-refractivity contribution < 1.29 is 18.7 Å². The van der Waals surface area contributed by atoms with Gasteiger partial charge in [0.05, 0.1) is 24.3 Å². The summed E-state index contributed by atoms with van der Waals surface area (Å²) in [5.74, 6) is -2.48. The molecule has 2 unspecified atom stereocenters. The molecule has 3 aliphatic heterocycles. The van der Waals surface area contributed by atoms with Gasteiger partial charge in [0.2, 0.25) is 11.8 Å². The Bertz CT molecular complexity index is 1140. The summed E-state index contributed by atoms with van der Waals surface area (Å²) >= 11 is 12.7. The summed E-state index contributed by atoms with van der Waals surface area (Å²) < 4.78 is 21.1. The number of morpholine rings is 1. The van der Waals surface area contributed by atoms with Crippen molar-refractivity contribution in [2.75, 3.05) is 26.3 Å². The van der Waals surface area contributed by atoms with E-state index in [2.05, 4.69) is 31.4 Å². The van der Waals surface area contributed by atoms with E-state index in [1.807, 2.05) is 12.2 Å². The number of amides is 2. The molecule has 3 saturated heterocycles. The number of carbonyl (C=O) groups excluding carboxylic acids is 2. The number of halogens is 3. The Labute approximate surface area is 227 Å². The SMILES string of the molecule is CC(C)(C)C[C@H]1N[C@@H](C(=O)N2CCOCC2)[C@H](c2cccc(Cl)c2F)[C@@H]2CC3C=C(Cl)C=C(NC2=O)C31. The summed E-state index contributed by atoms with van der Waals surface area (Å²) in [6, 6.07) is 3.85. The molecule has 0 aromatic heterocycles. The Morgan fingerprint density at radius 1 is 1.19 bits per heavy atom. The molecule has 4 bridgehead atoms. The molecule has 4 aliphatic rings. The van der Waals surface area contributed by atoms with E-state index in [-0.39, 0.29) is 45.7 Å². The van der Waals surface area contributed by atoms with Crippen LogP contribution in [0.15, 0.2) is 41.1 Å². The monoisotopic (exact) mass is 549 g/mol. The predicted molar refractivity (Wildman–Crippen MR) is 142 cm³/mol. The van der Waals surface area contributed by atoms with Gasteiger partial charge in [-0.05, 0) is 41.9 Å². The van der Waals surface area contributed by atoms with Crippen molar-refractivity contribution in [1.29, 1.82) is 0 Å². The van der Waals surface area contributed by atoms with Gasteiger partial charge in [-0.2, -0.15) is 0 Å². The number of nitrogens with one attached hydrogen (secondary N) is 2. The zero-order chi connectivity index (χ0) is 26.5. The van der Waals surface area contributed by atoms with Crippen LogP contribution in [0.4, 0.5) is 4.39 Å². The minimum atomic E-state index is -0.809. The van der Waals surface area contributed by atoms with Crippen LogP contribution in [0.2, 0.25) is 5.02 Å². The highest BCUT2D eigenvalue weighted by Crippen LogP contribution is 2.48. The number of nitrogens with zero attached hydrogens (tertiary/aromatic N) is 1. The van der Waals surface area contributed by atoms with E-state index < -0.39 is 23.7 Å². The van der Waals surface area contributed by atoms with E-state index in [1.165, 1.54) is 6.07 Å². The third kappa shape index (κ3) is 5.33. The summed E-state index contributed by atoms with van der Waals surface area (Å²) in [6.45, 7) is 8.29. The molecule has 6 nitrogen and oxygen atoms in total. The van der Waals surface area contributed by atoms with Gasteiger partial charge in [-0.15, -0.1) is 0 Å². The minimum Gasteiger partial charge on any atom is -0.378 e. The Kier molecular flexibility index (Phi) is 7.44. The van der Waals surface area contributed by atoms with Crippen LogP contribution in [0.3, 0.4) is 0 Å². The fourth-order valence-corrected chi connectivity index (χ4v) is 6.98. The van der Waals surface area contributed by atoms with Crippen LogP contribution in [0.5, 0.6) is 0 Å². The Morgan fingerprint density at radius 3 is 2.62 bits per heavy atom. The second kappa shape index (κ2) is 10.3. The van der Waals surface area contributed by atoms with Crippen molar-refractivity contribution in [2.24, 2.45) is 23.2 Å². The van der Waals surface area contributed by atoms with Crippen LogP contribution in [-0.4, -0.2) is 55.1 Å². The van der Waals surface area contributed by atoms with Crippen molar-refractivity contribution in [3.05, 3.63) is 57.5 Å². The molecule has 0 saturated carbocycles. The number of carbonyl (C=O) groups is 2. The lowest BCUT2D eigenvalue weighted by Gasteiger charge is -2.45. The van der Waals surface area contributed by atoms with E-state index in [0.717, 1.165) is 12.1 Å². The minimum absolute atomic E-state index is 0.0281. The molecular weight excluding hydrogens is 516 g/mol. The van der Waals surface area contributed by atoms with Crippen LogP contribution in [0.1, 0.15) is 45.1 Å². The zero-order valence-corrected chi connectivity index (χ0v) is 22.9. The molecule has 3 heterocycles. The largest absolute Gasteiger partial charge is 0.378 e. The fourth-order valence-electron chi connectivity index (χ4n) is 6.52. The van der Waals surface area contributed by atoms with Gasteiger partial charge in [0.25, 0.3) is 0 Å². The number of ether oxygens (including phenoxy) is 1. The average molecular weight is 551 g/mol. The van der Waals surface area contributed by atoms with E-state index in [1.54, 1.807) is 17.0 Å². The second-order valence-corrected chi connectivity index (χ2v) is 12.6. The molecule has 0 spiro atoms. The summed E-state index contributed by atoms with van der Waals surface area (Å²) in [4.78, 5) is 29.7. The molecule has 0 radical (unpaired) electrons. The van der Waals surface area contributed by atoms with Gasteiger partial charge < -0.3 is 20.3 Å². The van der Waals surface area contributed by atoms with Crippen LogP contribution in [-0.2, 0) is 14.3 Å². The van der Waals surface area contributed by atoms with E-state index in [9.17, 15) is 9.59 Å². The topological polar surface area (TPSA) is 70.7 Å². The maximum atomic E-state index is 15.7. The third-order valence-electron chi connectivity index (χ3n) is 8.00. The first-order valence-electron chi connectivity index (χ1n) is 13.0. The number of allylic oxidation sites excluding steroid dienone is 3. The highest BCUT2D eigenvalue weighted by Gasteiger charge is 2.51. The average Bonchev–Trinajstić information content (AvgIpc) is 2.88. The fraction of sp³-hybridized carbons (Fsp3) is 0.571. The number of benzene rings is 1. The van der Waals surface area contributed by atoms with Crippen LogP contribution in [0.25, 0.3) is 0 Å².